The Morgan fingerprint density at radius 1 is 1.47 bits per heavy atom. The van der Waals surface area contributed by atoms with Crippen LogP contribution in [0.4, 0.5) is 0 Å². The lowest BCUT2D eigenvalue weighted by molar-refractivity contribution is 0.356. The topological polar surface area (TPSA) is 99.1 Å². The van der Waals surface area contributed by atoms with Gasteiger partial charge in [-0.1, -0.05) is 19.0 Å². The van der Waals surface area contributed by atoms with Crippen molar-refractivity contribution in [3.63, 3.8) is 0 Å². The normalized spacial score (nSPS) is 14.5. The number of hydrogen-bond acceptors (Lipinski definition) is 6. The van der Waals surface area contributed by atoms with Gasteiger partial charge < -0.3 is 10.3 Å². The van der Waals surface area contributed by atoms with Crippen LogP contribution in [0.2, 0.25) is 0 Å². The summed E-state index contributed by atoms with van der Waals surface area (Å²) in [5, 5.41) is 3.71. The molecule has 0 amide bonds. The molecule has 1 rings (SSSR count). The minimum atomic E-state index is -3.14. The van der Waals surface area contributed by atoms with Gasteiger partial charge in [0.1, 0.15) is 9.84 Å². The molecule has 2 N–H and O–H groups in total. The van der Waals surface area contributed by atoms with E-state index in [1.807, 2.05) is 13.8 Å². The zero-order chi connectivity index (χ0) is 11.6. The van der Waals surface area contributed by atoms with Gasteiger partial charge in [-0.2, -0.15) is 4.98 Å². The Bertz CT molecular complexity index is 424. The van der Waals surface area contributed by atoms with Crippen molar-refractivity contribution in [3.8, 4) is 0 Å². The van der Waals surface area contributed by atoms with Crippen molar-refractivity contribution < 1.29 is 12.9 Å². The van der Waals surface area contributed by atoms with Crippen LogP contribution in [0, 0.1) is 0 Å². The maximum Gasteiger partial charge on any atom is 0.244 e. The van der Waals surface area contributed by atoms with Crippen molar-refractivity contribution >= 4 is 9.84 Å². The molecule has 1 unspecified atom stereocenters. The summed E-state index contributed by atoms with van der Waals surface area (Å²) in [6.45, 7) is 3.83. The smallest absolute Gasteiger partial charge is 0.244 e. The first kappa shape index (κ1) is 12.1. The standard InChI is InChI=1S/C8H15N3O3S/c1-5(2)7-10-8(14-11-7)6(9)4-15(3,12)13/h5-6H,4,9H2,1-3H3. The van der Waals surface area contributed by atoms with E-state index >= 15 is 0 Å². The predicted octanol–water partition coefficient (Wildman–Crippen LogP) is 0.237. The van der Waals surface area contributed by atoms with Crippen molar-refractivity contribution in [3.05, 3.63) is 11.7 Å². The molecular weight excluding hydrogens is 218 g/mol. The second-order valence-electron chi connectivity index (χ2n) is 3.84. The van der Waals surface area contributed by atoms with Gasteiger partial charge in [-0.15, -0.1) is 0 Å². The van der Waals surface area contributed by atoms with Crippen LogP contribution in [0.3, 0.4) is 0 Å². The highest BCUT2D eigenvalue weighted by Gasteiger charge is 2.20. The summed E-state index contributed by atoms with van der Waals surface area (Å²) in [6, 6.07) is -0.750. The van der Waals surface area contributed by atoms with Gasteiger partial charge in [0.15, 0.2) is 5.82 Å². The van der Waals surface area contributed by atoms with Crippen LogP contribution in [0.5, 0.6) is 0 Å². The first-order valence-electron chi connectivity index (χ1n) is 4.56. The number of nitrogens with zero attached hydrogens (tertiary/aromatic N) is 2. The fraction of sp³-hybridized carbons (Fsp3) is 0.750. The highest BCUT2D eigenvalue weighted by atomic mass is 32.2. The summed E-state index contributed by atoms with van der Waals surface area (Å²) in [5.74, 6) is 0.651. The van der Waals surface area contributed by atoms with Gasteiger partial charge in [-0.25, -0.2) is 8.42 Å². The Hall–Kier alpha value is -0.950. The molecule has 1 aromatic rings. The van der Waals surface area contributed by atoms with Gasteiger partial charge in [-0.05, 0) is 0 Å². The Balaban J connectivity index is 2.79. The van der Waals surface area contributed by atoms with E-state index in [2.05, 4.69) is 10.1 Å². The fourth-order valence-electron chi connectivity index (χ4n) is 1.03. The number of aromatic nitrogens is 2. The zero-order valence-corrected chi connectivity index (χ0v) is 9.78. The molecule has 86 valence electrons. The molecule has 1 atom stereocenters. The van der Waals surface area contributed by atoms with Crippen LogP contribution in [0.15, 0.2) is 4.52 Å². The molecule has 15 heavy (non-hydrogen) atoms. The van der Waals surface area contributed by atoms with E-state index in [0.29, 0.717) is 5.82 Å². The Morgan fingerprint density at radius 3 is 2.47 bits per heavy atom. The first-order chi connectivity index (χ1) is 6.79. The molecule has 0 radical (unpaired) electrons. The molecule has 0 saturated heterocycles. The number of sulfone groups is 1. The van der Waals surface area contributed by atoms with Gasteiger partial charge in [0.2, 0.25) is 5.89 Å². The van der Waals surface area contributed by atoms with Crippen molar-refractivity contribution in [1.82, 2.24) is 10.1 Å². The van der Waals surface area contributed by atoms with Crippen LogP contribution in [-0.2, 0) is 9.84 Å². The highest BCUT2D eigenvalue weighted by Crippen LogP contribution is 2.14. The van der Waals surface area contributed by atoms with Crippen LogP contribution < -0.4 is 5.73 Å². The van der Waals surface area contributed by atoms with Gasteiger partial charge in [0.05, 0.1) is 11.8 Å². The Labute approximate surface area is 88.8 Å². The first-order valence-corrected chi connectivity index (χ1v) is 6.62. The molecule has 0 aliphatic rings. The molecule has 6 nitrogen and oxygen atoms in total. The third kappa shape index (κ3) is 3.60. The summed E-state index contributed by atoms with van der Waals surface area (Å²) in [4.78, 5) is 4.03. The van der Waals surface area contributed by atoms with Gasteiger partial charge in [0, 0.05) is 12.2 Å². The van der Waals surface area contributed by atoms with E-state index in [9.17, 15) is 8.42 Å². The van der Waals surface area contributed by atoms with E-state index in [1.165, 1.54) is 0 Å². The van der Waals surface area contributed by atoms with Crippen LogP contribution >= 0.6 is 0 Å². The molecule has 0 spiro atoms. The summed E-state index contributed by atoms with van der Waals surface area (Å²) in [6.07, 6.45) is 1.12. The largest absolute Gasteiger partial charge is 0.338 e. The lowest BCUT2D eigenvalue weighted by Crippen LogP contribution is -2.21. The molecule has 0 bridgehead atoms. The molecule has 1 heterocycles. The molecule has 0 fully saturated rings. The molecule has 0 aliphatic carbocycles. The SMILES string of the molecule is CC(C)c1noc(C(N)CS(C)(=O)=O)n1. The fourth-order valence-corrected chi connectivity index (χ4v) is 1.82. The molecule has 0 aromatic carbocycles. The molecule has 0 saturated carbocycles. The van der Waals surface area contributed by atoms with Crippen LogP contribution in [0.25, 0.3) is 0 Å². The van der Waals surface area contributed by atoms with Crippen molar-refractivity contribution in [1.29, 1.82) is 0 Å². The monoisotopic (exact) mass is 233 g/mol. The van der Waals surface area contributed by atoms with Gasteiger partial charge in [-0.3, -0.25) is 0 Å². The minimum absolute atomic E-state index is 0.132. The Morgan fingerprint density at radius 2 is 2.07 bits per heavy atom. The zero-order valence-electron chi connectivity index (χ0n) is 8.97. The molecule has 0 aliphatic heterocycles. The van der Waals surface area contributed by atoms with E-state index < -0.39 is 15.9 Å². The number of nitrogens with two attached hydrogens (primary N) is 1. The molecule has 1 aromatic heterocycles. The molecule has 7 heteroatoms. The quantitative estimate of drug-likeness (QED) is 0.799. The predicted molar refractivity (Wildman–Crippen MR) is 55.0 cm³/mol. The second-order valence-corrected chi connectivity index (χ2v) is 6.03. The summed E-state index contributed by atoms with van der Waals surface area (Å²) >= 11 is 0. The average Bonchev–Trinajstić information content (AvgIpc) is 2.47. The molecular formula is C8H15N3O3S. The van der Waals surface area contributed by atoms with Gasteiger partial charge in [0.25, 0.3) is 0 Å². The minimum Gasteiger partial charge on any atom is -0.338 e. The van der Waals surface area contributed by atoms with E-state index in [0.717, 1.165) is 6.26 Å². The van der Waals surface area contributed by atoms with E-state index in [1.54, 1.807) is 0 Å². The van der Waals surface area contributed by atoms with E-state index in [-0.39, 0.29) is 17.6 Å². The van der Waals surface area contributed by atoms with Gasteiger partial charge >= 0.3 is 0 Å². The summed E-state index contributed by atoms with van der Waals surface area (Å²) in [7, 11) is -3.14. The van der Waals surface area contributed by atoms with Crippen LogP contribution in [0.1, 0.15) is 37.5 Å². The average molecular weight is 233 g/mol. The van der Waals surface area contributed by atoms with Crippen LogP contribution in [-0.4, -0.2) is 30.6 Å². The van der Waals surface area contributed by atoms with E-state index in [4.69, 9.17) is 10.3 Å². The number of hydrogen-bond donors (Lipinski definition) is 1. The van der Waals surface area contributed by atoms with Crippen molar-refractivity contribution in [2.24, 2.45) is 5.73 Å². The third-order valence-corrected chi connectivity index (χ3v) is 2.74. The van der Waals surface area contributed by atoms with Crippen molar-refractivity contribution in [2.75, 3.05) is 12.0 Å². The highest BCUT2D eigenvalue weighted by molar-refractivity contribution is 7.90. The maximum absolute atomic E-state index is 11.0. The Kier molecular flexibility index (Phi) is 3.46. The lowest BCUT2D eigenvalue weighted by Gasteiger charge is -2.03. The number of rotatable bonds is 4. The maximum atomic E-state index is 11.0. The second kappa shape index (κ2) is 4.28. The van der Waals surface area contributed by atoms with Crippen molar-refractivity contribution in [2.45, 2.75) is 25.8 Å². The summed E-state index contributed by atoms with van der Waals surface area (Å²) in [5.41, 5.74) is 5.62. The third-order valence-electron chi connectivity index (χ3n) is 1.77. The summed E-state index contributed by atoms with van der Waals surface area (Å²) < 4.78 is 26.9. The lowest BCUT2D eigenvalue weighted by atomic mass is 10.2.